The largest absolute Gasteiger partial charge is 0.465 e. The summed E-state index contributed by atoms with van der Waals surface area (Å²) in [5.74, 6) is 0.331. The first-order valence-corrected chi connectivity index (χ1v) is 17.6. The zero-order chi connectivity index (χ0) is 37.8. The number of ether oxygens (including phenoxy) is 1. The molecule has 2 aliphatic heterocycles. The summed E-state index contributed by atoms with van der Waals surface area (Å²) >= 11 is 0. The number of aromatic amines is 2. The summed E-state index contributed by atoms with van der Waals surface area (Å²) in [5, 5.41) is 34.0. The Morgan fingerprint density at radius 3 is 1.49 bits per heavy atom. The van der Waals surface area contributed by atoms with E-state index in [2.05, 4.69) is 35.3 Å². The van der Waals surface area contributed by atoms with Gasteiger partial charge in [-0.3, -0.25) is 9.59 Å². The molecule has 4 aromatic rings. The maximum Gasteiger partial charge on any atom is 0.407 e. The Kier molecular flexibility index (Phi) is 11.1. The summed E-state index contributed by atoms with van der Waals surface area (Å²) in [6, 6.07) is 12.9. The molecule has 2 saturated heterocycles. The predicted octanol–water partition coefficient (Wildman–Crippen LogP) is 3.58. The molecule has 0 bridgehead atoms. The van der Waals surface area contributed by atoms with E-state index in [1.807, 2.05) is 48.5 Å². The standard InChI is InChI=1S/C37H44N8O8/c1-20(46)30(42-36(50)51)34(48)44-16-4-6-28(44)32-38-18-26(40-32)24-12-8-22(9-13-24)23-10-14-25(15-11-23)27-19-39-33(41-27)29-7-5-17-45(29)35(49)31(21(2)47)43-37(52)53-3/h8-15,18-21,28-31,42,46-47H,4-7,16-17H2,1-3H3,(H,38,40)(H,39,41)(H,43,52)(H,50,51)/t20-,21-,28-,29-,30-,31-/m0/s1. The number of carbonyl (C=O) groups is 4. The van der Waals surface area contributed by atoms with Crippen LogP contribution in [0.1, 0.15) is 63.3 Å². The van der Waals surface area contributed by atoms with Crippen molar-refractivity contribution in [2.45, 2.75) is 75.9 Å². The number of H-pyrrole nitrogens is 2. The number of rotatable bonds is 11. The molecule has 0 radical (unpaired) electrons. The number of amides is 4. The normalized spacial score (nSPS) is 19.3. The molecule has 16 nitrogen and oxygen atoms in total. The van der Waals surface area contributed by atoms with E-state index in [1.165, 1.54) is 21.0 Å². The van der Waals surface area contributed by atoms with Crippen LogP contribution in [0.3, 0.4) is 0 Å². The zero-order valence-corrected chi connectivity index (χ0v) is 29.7. The van der Waals surface area contributed by atoms with Crippen LogP contribution in [0.15, 0.2) is 60.9 Å². The van der Waals surface area contributed by atoms with E-state index in [0.717, 1.165) is 46.5 Å². The number of methoxy groups -OCH3 is 1. The minimum Gasteiger partial charge on any atom is -0.465 e. The van der Waals surface area contributed by atoms with Gasteiger partial charge in [-0.05, 0) is 61.8 Å². The van der Waals surface area contributed by atoms with Gasteiger partial charge in [0.05, 0.1) is 55.2 Å². The molecule has 4 heterocycles. The van der Waals surface area contributed by atoms with Crippen molar-refractivity contribution in [2.75, 3.05) is 20.2 Å². The van der Waals surface area contributed by atoms with E-state index < -0.39 is 48.3 Å². The summed E-state index contributed by atoms with van der Waals surface area (Å²) in [6.07, 6.45) is 1.80. The van der Waals surface area contributed by atoms with Crippen molar-refractivity contribution < 1.29 is 39.2 Å². The van der Waals surface area contributed by atoms with Crippen LogP contribution in [0.5, 0.6) is 0 Å². The summed E-state index contributed by atoms with van der Waals surface area (Å²) in [6.45, 7) is 3.73. The Morgan fingerprint density at radius 1 is 0.717 bits per heavy atom. The molecule has 6 rings (SSSR count). The Hall–Kier alpha value is -5.74. The summed E-state index contributed by atoms with van der Waals surface area (Å²) in [5.41, 5.74) is 5.38. The van der Waals surface area contributed by atoms with Gasteiger partial charge < -0.3 is 50.5 Å². The third kappa shape index (κ3) is 8.03. The zero-order valence-electron chi connectivity index (χ0n) is 29.7. The number of nitrogens with one attached hydrogen (secondary N) is 4. The van der Waals surface area contributed by atoms with Crippen molar-refractivity contribution in [3.05, 3.63) is 72.6 Å². The van der Waals surface area contributed by atoms with Gasteiger partial charge in [0, 0.05) is 13.1 Å². The molecule has 4 amide bonds. The SMILES string of the molecule is COC(=O)N[C@H](C(=O)N1CCC[C@H]1c1ncc(-c2ccc(-c3ccc(-c4cnc([C@@H]5CCCN5C(=O)[C@@H](NC(=O)O)[C@H](C)O)[nH]4)cc3)cc2)[nH]1)[C@H](C)O. The van der Waals surface area contributed by atoms with E-state index in [4.69, 9.17) is 5.11 Å². The molecule has 0 aliphatic carbocycles. The van der Waals surface area contributed by atoms with E-state index in [1.54, 1.807) is 22.2 Å². The third-order valence-corrected chi connectivity index (χ3v) is 9.85. The number of aliphatic hydroxyl groups is 2. The highest BCUT2D eigenvalue weighted by molar-refractivity contribution is 5.87. The number of aliphatic hydroxyl groups excluding tert-OH is 2. The van der Waals surface area contributed by atoms with Crippen molar-refractivity contribution in [1.82, 2.24) is 40.4 Å². The van der Waals surface area contributed by atoms with Crippen molar-refractivity contribution in [1.29, 1.82) is 0 Å². The van der Waals surface area contributed by atoms with Crippen molar-refractivity contribution in [2.24, 2.45) is 0 Å². The Morgan fingerprint density at radius 2 is 1.11 bits per heavy atom. The van der Waals surface area contributed by atoms with E-state index in [-0.39, 0.29) is 12.1 Å². The average molecular weight is 729 g/mol. The maximum atomic E-state index is 13.3. The fourth-order valence-corrected chi connectivity index (χ4v) is 7.07. The highest BCUT2D eigenvalue weighted by atomic mass is 16.5. The average Bonchev–Trinajstić information content (AvgIpc) is 3.98. The molecular weight excluding hydrogens is 684 g/mol. The van der Waals surface area contributed by atoms with Crippen LogP contribution in [0, 0.1) is 0 Å². The Labute approximate surface area is 305 Å². The molecule has 16 heteroatoms. The van der Waals surface area contributed by atoms with Crippen LogP contribution in [0.4, 0.5) is 9.59 Å². The van der Waals surface area contributed by atoms with Gasteiger partial charge >= 0.3 is 12.2 Å². The maximum absolute atomic E-state index is 13.3. The minimum atomic E-state index is -1.38. The molecule has 53 heavy (non-hydrogen) atoms. The van der Waals surface area contributed by atoms with Crippen LogP contribution in [-0.4, -0.2) is 114 Å². The number of alkyl carbamates (subject to hydrolysis) is 1. The van der Waals surface area contributed by atoms with Gasteiger partial charge in [-0.1, -0.05) is 48.5 Å². The highest BCUT2D eigenvalue weighted by Gasteiger charge is 2.39. The third-order valence-electron chi connectivity index (χ3n) is 9.85. The van der Waals surface area contributed by atoms with Gasteiger partial charge in [0.15, 0.2) is 0 Å². The first-order valence-electron chi connectivity index (χ1n) is 17.6. The predicted molar refractivity (Wildman–Crippen MR) is 192 cm³/mol. The topological polar surface area (TPSA) is 226 Å². The molecule has 2 fully saturated rings. The monoisotopic (exact) mass is 728 g/mol. The number of likely N-dealkylation sites (tertiary alicyclic amines) is 2. The van der Waals surface area contributed by atoms with Gasteiger partial charge in [0.2, 0.25) is 11.8 Å². The van der Waals surface area contributed by atoms with Gasteiger partial charge in [-0.2, -0.15) is 0 Å². The molecule has 6 atom stereocenters. The van der Waals surface area contributed by atoms with Gasteiger partial charge in [0.25, 0.3) is 0 Å². The fraction of sp³-hybridized carbons (Fsp3) is 0.405. The molecule has 2 aromatic heterocycles. The molecule has 2 aromatic carbocycles. The lowest BCUT2D eigenvalue weighted by Crippen LogP contribution is -2.53. The molecule has 0 saturated carbocycles. The Bertz CT molecular complexity index is 1920. The number of carboxylic acid groups (broad SMARTS) is 1. The van der Waals surface area contributed by atoms with Gasteiger partial charge in [-0.15, -0.1) is 0 Å². The molecule has 2 aliphatic rings. The fourth-order valence-electron chi connectivity index (χ4n) is 7.07. The number of nitrogens with zero attached hydrogens (tertiary/aromatic N) is 4. The molecule has 0 spiro atoms. The highest BCUT2D eigenvalue weighted by Crippen LogP contribution is 2.35. The summed E-state index contributed by atoms with van der Waals surface area (Å²) in [7, 11) is 1.20. The Balaban J connectivity index is 1.11. The van der Waals surface area contributed by atoms with Gasteiger partial charge in [0.1, 0.15) is 23.7 Å². The smallest absolute Gasteiger partial charge is 0.407 e. The molecular formula is C37H44N8O8. The van der Waals surface area contributed by atoms with Crippen LogP contribution in [0.25, 0.3) is 33.6 Å². The minimum absolute atomic E-state index is 0.330. The van der Waals surface area contributed by atoms with E-state index in [0.29, 0.717) is 37.6 Å². The lowest BCUT2D eigenvalue weighted by molar-refractivity contribution is -0.137. The number of hydrogen-bond donors (Lipinski definition) is 7. The van der Waals surface area contributed by atoms with Crippen LogP contribution in [-0.2, 0) is 14.3 Å². The summed E-state index contributed by atoms with van der Waals surface area (Å²) in [4.78, 5) is 68.6. The second kappa shape index (κ2) is 15.9. The first-order chi connectivity index (χ1) is 25.4. The summed E-state index contributed by atoms with van der Waals surface area (Å²) < 4.78 is 4.63. The van der Waals surface area contributed by atoms with E-state index in [9.17, 15) is 29.4 Å². The second-order valence-corrected chi connectivity index (χ2v) is 13.4. The number of benzene rings is 2. The van der Waals surface area contributed by atoms with Crippen molar-refractivity contribution >= 4 is 24.0 Å². The number of imidazole rings is 2. The number of aromatic nitrogens is 4. The quantitative estimate of drug-likeness (QED) is 0.119. The molecule has 7 N–H and O–H groups in total. The van der Waals surface area contributed by atoms with Crippen molar-refractivity contribution in [3.63, 3.8) is 0 Å². The molecule has 0 unspecified atom stereocenters. The number of hydrogen-bond acceptors (Lipinski definition) is 9. The van der Waals surface area contributed by atoms with Crippen LogP contribution < -0.4 is 10.6 Å². The number of carbonyl (C=O) groups excluding carboxylic acids is 3. The lowest BCUT2D eigenvalue weighted by Gasteiger charge is -2.29. The second-order valence-electron chi connectivity index (χ2n) is 13.4. The lowest BCUT2D eigenvalue weighted by atomic mass is 10.0. The van der Waals surface area contributed by atoms with Crippen LogP contribution in [0.2, 0.25) is 0 Å². The van der Waals surface area contributed by atoms with E-state index >= 15 is 0 Å². The molecule has 280 valence electrons. The van der Waals surface area contributed by atoms with Gasteiger partial charge in [-0.25, -0.2) is 19.6 Å². The first kappa shape index (κ1) is 37.0. The van der Waals surface area contributed by atoms with Crippen molar-refractivity contribution in [3.8, 4) is 33.6 Å². The van der Waals surface area contributed by atoms with Crippen LogP contribution >= 0.6 is 0 Å².